The van der Waals surface area contributed by atoms with Crippen LogP contribution >= 0.6 is 0 Å². The minimum absolute atomic E-state index is 0.124. The van der Waals surface area contributed by atoms with Gasteiger partial charge in [-0.05, 0) is 142 Å². The molecule has 25 heteroatoms. The van der Waals surface area contributed by atoms with Crippen molar-refractivity contribution in [2.24, 2.45) is 27.2 Å². The lowest BCUT2D eigenvalue weighted by Crippen LogP contribution is -2.56. The normalized spacial score (nSPS) is 13.2. The topological polar surface area (TPSA) is 300 Å². The van der Waals surface area contributed by atoms with E-state index < -0.39 is 89.4 Å². The van der Waals surface area contributed by atoms with Gasteiger partial charge in [-0.15, -0.1) is 0 Å². The van der Waals surface area contributed by atoms with Crippen molar-refractivity contribution in [2.45, 2.75) is 204 Å². The van der Waals surface area contributed by atoms with Crippen molar-refractivity contribution < 1.29 is 60.7 Å². The summed E-state index contributed by atoms with van der Waals surface area (Å²) in [6.07, 6.45) is 0.314. The Morgan fingerprint density at radius 3 is 1.16 bits per heavy atom. The highest BCUT2D eigenvalue weighted by Crippen LogP contribution is 2.39. The first-order valence-electron chi connectivity index (χ1n) is 29.0. The molecule has 0 heterocycles. The Balaban J connectivity index is 0.00000120. The van der Waals surface area contributed by atoms with Crippen LogP contribution in [0, 0.1) is 16.2 Å². The molecule has 0 aliphatic carbocycles. The van der Waals surface area contributed by atoms with Gasteiger partial charge in [0.1, 0.15) is 41.7 Å². The minimum Gasteiger partial charge on any atom is -0.544 e. The Morgan fingerprint density at radius 1 is 0.523 bits per heavy atom. The Labute approximate surface area is 528 Å². The van der Waals surface area contributed by atoms with Crippen molar-refractivity contribution in [3.8, 4) is 17.2 Å². The standard InChI is InChI=1S/C21H37N3O4Si.C21H35N3O4Si.C13H20O2Si.C8H15N3O3/c2*1-20(2,3)17(23-19(26)27-7)18(25)24-22-14-15-10-12-16(13-11-15)28-29(8,9)21(4,5)6;1-13(2,3)16(4,5)15-12-8-6-11(10-14)7-9-12;1-8(2,3)5(6(12)11-9)10-7(13)14-4/h10-13,17,22H,14H2,1-9H3,(H,23,26)(H,24,25);10-14,17H,1-9H3,(H,23,26)(H,24,25);6-10H,1-5H3;5H,4,9H2,1-3H3,(H-,10,11,12,13)/p+1/b;22-14-;;. The number of carbonyl (C=O) groups excluding carboxylic acids is 8. The second kappa shape index (κ2) is 34.1. The summed E-state index contributed by atoms with van der Waals surface area (Å²) in [4.78, 5) is 80.6. The van der Waals surface area contributed by atoms with Crippen LogP contribution in [-0.2, 0) is 34.8 Å². The SMILES string of the molecule is C=[O+]C(=O)NC(C(=O)NN)C(C)(C)C.CC(C)(C)[Si](C)(C)Oc1ccc(C=O)cc1.COC(=O)NC(C(=O)N/N=C\c1ccc(O[Si](C)(C)C(C)(C)C)cc1)C(C)(C)C.COC(=O)NC(C(=O)NNCc1ccc(O[Si](C)(C)C(C)(C)C)cc1)C(C)(C)C. The number of amides is 6. The third-order valence-electron chi connectivity index (χ3n) is 15.1. The van der Waals surface area contributed by atoms with E-state index in [9.17, 15) is 33.6 Å². The molecule has 0 radical (unpaired) electrons. The Morgan fingerprint density at radius 2 is 0.852 bits per heavy atom. The molecule has 0 aliphatic heterocycles. The molecule has 3 aromatic carbocycles. The number of hydrogen-bond donors (Lipinski definition) is 8. The number of hydrazine groups is 2. The van der Waals surface area contributed by atoms with E-state index in [1.54, 1.807) is 39.1 Å². The number of alkyl carbamates (subject to hydrolysis) is 2. The Kier molecular flexibility index (Phi) is 31.5. The van der Waals surface area contributed by atoms with Gasteiger partial charge in [0.05, 0.1) is 25.2 Å². The number of aldehydes is 1. The third kappa shape index (κ3) is 28.9. The fourth-order valence-corrected chi connectivity index (χ4v) is 9.51. The fraction of sp³-hybridized carbons (Fsp3) is 0.571. The van der Waals surface area contributed by atoms with Crippen LogP contribution in [-0.4, -0.2) is 113 Å². The fourth-order valence-electron chi connectivity index (χ4n) is 6.42. The molecule has 0 fully saturated rings. The first-order valence-corrected chi connectivity index (χ1v) is 37.7. The summed E-state index contributed by atoms with van der Waals surface area (Å²) in [6, 6.07) is 20.4. The highest BCUT2D eigenvalue weighted by Gasteiger charge is 2.42. The van der Waals surface area contributed by atoms with Crippen LogP contribution in [0.15, 0.2) is 77.9 Å². The summed E-state index contributed by atoms with van der Waals surface area (Å²) in [5.74, 6) is 6.29. The molecule has 0 aliphatic rings. The van der Waals surface area contributed by atoms with Gasteiger partial charge in [0.25, 0.3) is 17.7 Å². The number of benzene rings is 3. The largest absolute Gasteiger partial charge is 0.691 e. The first kappa shape index (κ1) is 81.1. The number of nitrogens with one attached hydrogen (secondary N) is 7. The number of nitrogens with two attached hydrogens (primary N) is 1. The molecular weight excluding hydrogens is 1180 g/mol. The van der Waals surface area contributed by atoms with Crippen molar-refractivity contribution in [1.29, 1.82) is 0 Å². The predicted molar refractivity (Wildman–Crippen MR) is 358 cm³/mol. The first-order chi connectivity index (χ1) is 39.9. The second-order valence-corrected chi connectivity index (χ2v) is 43.0. The zero-order valence-electron chi connectivity index (χ0n) is 57.6. The van der Waals surface area contributed by atoms with E-state index in [0.717, 1.165) is 34.7 Å². The molecule has 3 atom stereocenters. The van der Waals surface area contributed by atoms with Gasteiger partial charge < -0.3 is 33.4 Å². The molecule has 9 N–H and O–H groups in total. The number of methoxy groups -OCH3 is 2. The average molecular weight is 1280 g/mol. The van der Waals surface area contributed by atoms with Crippen LogP contribution in [0.25, 0.3) is 0 Å². The molecule has 3 unspecified atom stereocenters. The van der Waals surface area contributed by atoms with Gasteiger partial charge in [-0.3, -0.25) is 39.8 Å². The average Bonchev–Trinajstić information content (AvgIpc) is 2.10. The molecule has 0 aromatic heterocycles. The van der Waals surface area contributed by atoms with E-state index in [1.165, 1.54) is 14.2 Å². The van der Waals surface area contributed by atoms with E-state index in [4.69, 9.17) is 19.1 Å². The zero-order chi connectivity index (χ0) is 68.7. The highest BCUT2D eigenvalue weighted by molar-refractivity contribution is 6.75. The van der Waals surface area contributed by atoms with E-state index >= 15 is 0 Å². The van der Waals surface area contributed by atoms with Gasteiger partial charge in [-0.2, -0.15) is 5.10 Å². The van der Waals surface area contributed by atoms with Crippen LogP contribution in [0.4, 0.5) is 14.4 Å². The van der Waals surface area contributed by atoms with Crippen molar-refractivity contribution in [1.82, 2.24) is 37.7 Å². The number of carbonyl (C=O) groups is 7. The summed E-state index contributed by atoms with van der Waals surface area (Å²) >= 11 is 0. The van der Waals surface area contributed by atoms with Crippen LogP contribution in [0.2, 0.25) is 54.4 Å². The van der Waals surface area contributed by atoms with Crippen LogP contribution in [0.5, 0.6) is 17.2 Å². The number of nitrogens with zero attached hydrogens (tertiary/aromatic N) is 1. The van der Waals surface area contributed by atoms with Gasteiger partial charge in [0.2, 0.25) is 25.0 Å². The highest BCUT2D eigenvalue weighted by atomic mass is 28.4. The number of hydrogen-bond acceptors (Lipinski definition) is 15. The summed E-state index contributed by atoms with van der Waals surface area (Å²) in [7, 11) is -2.99. The monoisotopic (exact) mass is 1280 g/mol. The molecule has 0 saturated heterocycles. The zero-order valence-corrected chi connectivity index (χ0v) is 60.6. The molecule has 22 nitrogen and oxygen atoms in total. The molecular formula is C63H108N9O13Si3+. The Hall–Kier alpha value is -6.94. The summed E-state index contributed by atoms with van der Waals surface area (Å²) in [5, 5.41) is 11.9. The lowest BCUT2D eigenvalue weighted by atomic mass is 9.86. The van der Waals surface area contributed by atoms with E-state index in [2.05, 4.69) is 160 Å². The van der Waals surface area contributed by atoms with E-state index in [1.807, 2.05) is 108 Å². The summed E-state index contributed by atoms with van der Waals surface area (Å²) in [6.45, 7) is 53.0. The number of ether oxygens (including phenoxy) is 2. The van der Waals surface area contributed by atoms with Crippen molar-refractivity contribution in [2.75, 3.05) is 14.2 Å². The van der Waals surface area contributed by atoms with E-state index in [0.29, 0.717) is 12.1 Å². The molecule has 3 rings (SSSR count). The van der Waals surface area contributed by atoms with Crippen LogP contribution in [0.1, 0.15) is 146 Å². The second-order valence-electron chi connectivity index (χ2n) is 28.8. The molecule has 0 saturated carbocycles. The van der Waals surface area contributed by atoms with Gasteiger partial charge >= 0.3 is 18.3 Å². The summed E-state index contributed by atoms with van der Waals surface area (Å²) < 4.78 is 32.0. The van der Waals surface area contributed by atoms with Crippen molar-refractivity contribution >= 4 is 80.2 Å². The maximum Gasteiger partial charge on any atom is 0.691 e. The molecule has 0 spiro atoms. The third-order valence-corrected chi connectivity index (χ3v) is 28.1. The number of rotatable bonds is 18. The van der Waals surface area contributed by atoms with Gasteiger partial charge in [0.15, 0.2) is 6.79 Å². The minimum atomic E-state index is -1.89. The van der Waals surface area contributed by atoms with Gasteiger partial charge in [-0.25, -0.2) is 26.3 Å². The van der Waals surface area contributed by atoms with E-state index in [-0.39, 0.29) is 21.0 Å². The smallest absolute Gasteiger partial charge is 0.544 e. The lowest BCUT2D eigenvalue weighted by molar-refractivity contribution is -0.333. The maximum atomic E-state index is 12.5. The van der Waals surface area contributed by atoms with Crippen molar-refractivity contribution in [3.05, 3.63) is 89.5 Å². The molecule has 88 heavy (non-hydrogen) atoms. The molecule has 3 aromatic rings. The summed E-state index contributed by atoms with van der Waals surface area (Å²) in [5.41, 5.74) is 11.1. The lowest BCUT2D eigenvalue weighted by Gasteiger charge is -2.36. The molecule has 6 amide bonds. The molecule has 0 bridgehead atoms. The van der Waals surface area contributed by atoms with Crippen molar-refractivity contribution in [3.63, 3.8) is 0 Å². The van der Waals surface area contributed by atoms with Crippen LogP contribution in [0.3, 0.4) is 0 Å². The quantitative estimate of drug-likeness (QED) is 0.0112. The van der Waals surface area contributed by atoms with Gasteiger partial charge in [0, 0.05) is 12.1 Å². The Bertz CT molecular complexity index is 2750. The van der Waals surface area contributed by atoms with Gasteiger partial charge in [-0.1, -0.05) is 137 Å². The predicted octanol–water partition coefficient (Wildman–Crippen LogP) is 11.6. The molecule has 494 valence electrons. The number of hydrazone groups is 1. The maximum absolute atomic E-state index is 12.5. The van der Waals surface area contributed by atoms with Crippen LogP contribution < -0.4 is 56.8 Å².